The van der Waals surface area contributed by atoms with Gasteiger partial charge in [-0.3, -0.25) is 4.79 Å². The number of aliphatic hydroxyl groups excluding tert-OH is 1. The van der Waals surface area contributed by atoms with Crippen molar-refractivity contribution in [2.75, 3.05) is 0 Å². The summed E-state index contributed by atoms with van der Waals surface area (Å²) in [5.41, 5.74) is 0. The fourth-order valence-electron chi connectivity index (χ4n) is 3.18. The van der Waals surface area contributed by atoms with Gasteiger partial charge < -0.3 is 10.2 Å². The largest absolute Gasteiger partial charge is 0.481 e. The summed E-state index contributed by atoms with van der Waals surface area (Å²) in [4.78, 5) is 10.4. The summed E-state index contributed by atoms with van der Waals surface area (Å²) in [6.45, 7) is 2.18. The maximum Gasteiger partial charge on any atom is 0.303 e. The van der Waals surface area contributed by atoms with E-state index in [1.54, 1.807) is 0 Å². The lowest BCUT2D eigenvalue weighted by Gasteiger charge is -2.09. The number of aliphatic hydroxyl groups is 1. The van der Waals surface area contributed by atoms with Gasteiger partial charge in [-0.15, -0.1) is 0 Å². The normalized spacial score (nSPS) is 12.4. The molecule has 0 aliphatic rings. The predicted molar refractivity (Wildman–Crippen MR) is 102 cm³/mol. The Morgan fingerprint density at radius 1 is 0.667 bits per heavy atom. The Balaban J connectivity index is 3.06. The Labute approximate surface area is 150 Å². The first-order chi connectivity index (χ1) is 11.7. The quantitative estimate of drug-likeness (QED) is 0.264. The van der Waals surface area contributed by atoms with Gasteiger partial charge in [-0.1, -0.05) is 96.8 Å². The SMILES string of the molecule is CCCCC(O)CCCCCCCCCCCCCCCC(=O)O. The highest BCUT2D eigenvalue weighted by Crippen LogP contribution is 2.14. The molecule has 3 heteroatoms. The third-order valence-corrected chi connectivity index (χ3v) is 4.82. The molecule has 0 saturated carbocycles. The zero-order valence-corrected chi connectivity index (χ0v) is 16.1. The van der Waals surface area contributed by atoms with Crippen LogP contribution in [0.3, 0.4) is 0 Å². The number of hydrogen-bond donors (Lipinski definition) is 2. The minimum atomic E-state index is -0.664. The molecule has 0 spiro atoms. The van der Waals surface area contributed by atoms with Gasteiger partial charge >= 0.3 is 5.97 Å². The van der Waals surface area contributed by atoms with Crippen molar-refractivity contribution in [2.45, 2.75) is 129 Å². The summed E-state index contributed by atoms with van der Waals surface area (Å²) in [6, 6.07) is 0. The van der Waals surface area contributed by atoms with Crippen molar-refractivity contribution in [1.29, 1.82) is 0 Å². The van der Waals surface area contributed by atoms with E-state index >= 15 is 0 Å². The van der Waals surface area contributed by atoms with Crippen LogP contribution in [0.2, 0.25) is 0 Å². The second kappa shape index (κ2) is 18.8. The number of unbranched alkanes of at least 4 members (excludes halogenated alkanes) is 13. The molecule has 24 heavy (non-hydrogen) atoms. The molecule has 3 nitrogen and oxygen atoms in total. The van der Waals surface area contributed by atoms with Crippen molar-refractivity contribution in [3.05, 3.63) is 0 Å². The van der Waals surface area contributed by atoms with Gasteiger partial charge in [-0.25, -0.2) is 0 Å². The maximum atomic E-state index is 10.4. The second-order valence-electron chi connectivity index (χ2n) is 7.32. The van der Waals surface area contributed by atoms with E-state index < -0.39 is 5.97 Å². The number of hydrogen-bond acceptors (Lipinski definition) is 2. The van der Waals surface area contributed by atoms with E-state index in [0.29, 0.717) is 6.42 Å². The zero-order chi connectivity index (χ0) is 17.9. The molecule has 0 amide bonds. The van der Waals surface area contributed by atoms with Gasteiger partial charge in [0, 0.05) is 6.42 Å². The average molecular weight is 343 g/mol. The third kappa shape index (κ3) is 19.5. The fourth-order valence-corrected chi connectivity index (χ4v) is 3.18. The molecule has 0 rings (SSSR count). The van der Waals surface area contributed by atoms with E-state index in [4.69, 9.17) is 5.11 Å². The van der Waals surface area contributed by atoms with Crippen LogP contribution in [-0.4, -0.2) is 22.3 Å². The van der Waals surface area contributed by atoms with Crippen molar-refractivity contribution in [1.82, 2.24) is 0 Å². The molecule has 0 aliphatic carbocycles. The van der Waals surface area contributed by atoms with Crippen LogP contribution in [0.4, 0.5) is 0 Å². The molecule has 144 valence electrons. The fraction of sp³-hybridized carbons (Fsp3) is 0.952. The molecule has 0 aromatic heterocycles. The number of carboxylic acid groups (broad SMARTS) is 1. The van der Waals surface area contributed by atoms with Gasteiger partial charge in [0.25, 0.3) is 0 Å². The summed E-state index contributed by atoms with van der Waals surface area (Å²) < 4.78 is 0. The van der Waals surface area contributed by atoms with Crippen LogP contribution in [0.5, 0.6) is 0 Å². The summed E-state index contributed by atoms with van der Waals surface area (Å²) >= 11 is 0. The topological polar surface area (TPSA) is 57.5 Å². The van der Waals surface area contributed by atoms with Crippen LogP contribution >= 0.6 is 0 Å². The maximum absolute atomic E-state index is 10.4. The number of aliphatic carboxylic acids is 1. The monoisotopic (exact) mass is 342 g/mol. The Kier molecular flexibility index (Phi) is 18.3. The minimum Gasteiger partial charge on any atom is -0.481 e. The third-order valence-electron chi connectivity index (χ3n) is 4.82. The highest BCUT2D eigenvalue weighted by molar-refractivity contribution is 5.66. The number of carboxylic acids is 1. The number of carbonyl (C=O) groups is 1. The first kappa shape index (κ1) is 23.4. The summed E-state index contributed by atoms with van der Waals surface area (Å²) in [5.74, 6) is -0.664. The van der Waals surface area contributed by atoms with Crippen molar-refractivity contribution < 1.29 is 15.0 Å². The van der Waals surface area contributed by atoms with Gasteiger partial charge in [-0.05, 0) is 19.3 Å². The smallest absolute Gasteiger partial charge is 0.303 e. The molecule has 0 heterocycles. The van der Waals surface area contributed by atoms with Crippen molar-refractivity contribution in [3.63, 3.8) is 0 Å². The van der Waals surface area contributed by atoms with Crippen LogP contribution < -0.4 is 0 Å². The van der Waals surface area contributed by atoms with Crippen molar-refractivity contribution >= 4 is 5.97 Å². The van der Waals surface area contributed by atoms with Gasteiger partial charge in [0.15, 0.2) is 0 Å². The molecule has 1 unspecified atom stereocenters. The minimum absolute atomic E-state index is 0.0610. The summed E-state index contributed by atoms with van der Waals surface area (Å²) in [6.07, 6.45) is 20.8. The summed E-state index contributed by atoms with van der Waals surface area (Å²) in [5, 5.41) is 18.3. The van der Waals surface area contributed by atoms with Crippen molar-refractivity contribution in [3.8, 4) is 0 Å². The lowest BCUT2D eigenvalue weighted by Crippen LogP contribution is -2.05. The van der Waals surface area contributed by atoms with E-state index in [1.165, 1.54) is 77.0 Å². The molecule has 0 aliphatic heterocycles. The second-order valence-corrected chi connectivity index (χ2v) is 7.32. The van der Waals surface area contributed by atoms with E-state index in [-0.39, 0.29) is 6.10 Å². The number of rotatable bonds is 19. The van der Waals surface area contributed by atoms with Gasteiger partial charge in [0.05, 0.1) is 6.10 Å². The Bertz CT molecular complexity index is 266. The Hall–Kier alpha value is -0.570. The molecule has 2 N–H and O–H groups in total. The molecule has 0 radical (unpaired) electrons. The molecule has 0 aromatic rings. The molecule has 0 aromatic carbocycles. The van der Waals surface area contributed by atoms with Crippen LogP contribution in [0.25, 0.3) is 0 Å². The van der Waals surface area contributed by atoms with E-state index in [2.05, 4.69) is 6.92 Å². The van der Waals surface area contributed by atoms with Gasteiger partial charge in [0.1, 0.15) is 0 Å². The molecule has 0 saturated heterocycles. The van der Waals surface area contributed by atoms with Crippen molar-refractivity contribution in [2.24, 2.45) is 0 Å². The highest BCUT2D eigenvalue weighted by Gasteiger charge is 2.02. The first-order valence-electron chi connectivity index (χ1n) is 10.6. The van der Waals surface area contributed by atoms with Gasteiger partial charge in [-0.2, -0.15) is 0 Å². The summed E-state index contributed by atoms with van der Waals surface area (Å²) in [7, 11) is 0. The lowest BCUT2D eigenvalue weighted by atomic mass is 10.0. The zero-order valence-electron chi connectivity index (χ0n) is 16.1. The van der Waals surface area contributed by atoms with Crippen LogP contribution in [-0.2, 0) is 4.79 Å². The molecular weight excluding hydrogens is 300 g/mol. The van der Waals surface area contributed by atoms with Gasteiger partial charge in [0.2, 0.25) is 0 Å². The van der Waals surface area contributed by atoms with E-state index in [9.17, 15) is 9.90 Å². The lowest BCUT2D eigenvalue weighted by molar-refractivity contribution is -0.137. The molecule has 0 bridgehead atoms. The standard InChI is InChI=1S/C21H42O3/c1-2-3-17-20(22)18-15-13-11-9-7-5-4-6-8-10-12-14-16-19-21(23)24/h20,22H,2-19H2,1H3,(H,23,24). The van der Waals surface area contributed by atoms with Crippen LogP contribution in [0.1, 0.15) is 122 Å². The molecule has 0 fully saturated rings. The molecule has 1 atom stereocenters. The predicted octanol–water partition coefficient (Wildman–Crippen LogP) is 6.47. The average Bonchev–Trinajstić information content (AvgIpc) is 2.56. The van der Waals surface area contributed by atoms with E-state index in [0.717, 1.165) is 32.1 Å². The van der Waals surface area contributed by atoms with Crippen LogP contribution in [0.15, 0.2) is 0 Å². The highest BCUT2D eigenvalue weighted by atomic mass is 16.4. The van der Waals surface area contributed by atoms with Crippen LogP contribution in [0, 0.1) is 0 Å². The van der Waals surface area contributed by atoms with E-state index in [1.807, 2.05) is 0 Å². The molecular formula is C21H42O3. The Morgan fingerprint density at radius 3 is 1.46 bits per heavy atom. The first-order valence-corrected chi connectivity index (χ1v) is 10.6. The Morgan fingerprint density at radius 2 is 1.04 bits per heavy atom.